The first-order chi connectivity index (χ1) is 38.0. The molecule has 0 saturated carbocycles. The Morgan fingerprint density at radius 2 is 0.649 bits per heavy atom. The Morgan fingerprint density at radius 1 is 0.364 bits per heavy atom. The number of amides is 1. The third kappa shape index (κ3) is 62.6. The van der Waals surface area contributed by atoms with E-state index in [9.17, 15) is 19.8 Å². The number of nitrogens with one attached hydrogen (secondary N) is 1. The van der Waals surface area contributed by atoms with E-state index in [1.54, 1.807) is 6.08 Å². The van der Waals surface area contributed by atoms with E-state index in [0.29, 0.717) is 19.4 Å². The van der Waals surface area contributed by atoms with Crippen LogP contribution in [0.2, 0.25) is 0 Å². The van der Waals surface area contributed by atoms with Gasteiger partial charge in [0.15, 0.2) is 0 Å². The van der Waals surface area contributed by atoms with Crippen LogP contribution in [0.1, 0.15) is 354 Å². The molecule has 0 bridgehead atoms. The van der Waals surface area contributed by atoms with Gasteiger partial charge in [0.05, 0.1) is 25.4 Å². The molecule has 1 amide bonds. The number of aliphatic hydroxyl groups excluding tert-OH is 2. The molecule has 0 aromatic heterocycles. The van der Waals surface area contributed by atoms with Crippen molar-refractivity contribution >= 4 is 11.9 Å². The molecule has 6 heteroatoms. The van der Waals surface area contributed by atoms with Crippen LogP contribution in [0.4, 0.5) is 0 Å². The molecule has 2 atom stereocenters. The van der Waals surface area contributed by atoms with Gasteiger partial charge < -0.3 is 20.3 Å². The summed E-state index contributed by atoms with van der Waals surface area (Å²) in [5.74, 6) is -0.0650. The summed E-state index contributed by atoms with van der Waals surface area (Å²) in [6, 6.07) is -0.629. The van der Waals surface area contributed by atoms with E-state index < -0.39 is 12.1 Å². The average molecular weight is 1080 g/mol. The first kappa shape index (κ1) is 74.6. The molecule has 3 N–H and O–H groups in total. The Hall–Kier alpha value is -2.44. The Morgan fingerprint density at radius 3 is 1.00 bits per heavy atom. The van der Waals surface area contributed by atoms with Crippen molar-refractivity contribution in [3.8, 4) is 0 Å². The SMILES string of the molecule is CCCCCC/C=C\C/C=C\CCCCCCCCCC(=O)OCCCCCCCCCCC/C=C\C/C=C\CCCCCCCCCCCCCCCC(=O)NC(CO)C(O)/C=C/CCCCCCCCCCCCC. The van der Waals surface area contributed by atoms with Crippen molar-refractivity contribution in [2.45, 2.75) is 366 Å². The number of unbranched alkanes of at least 4 members (excludes halogenated alkanes) is 44. The number of rotatable bonds is 63. The van der Waals surface area contributed by atoms with Crippen molar-refractivity contribution < 1.29 is 24.5 Å². The molecular formula is C71H131NO5. The van der Waals surface area contributed by atoms with Crippen molar-refractivity contribution in [1.29, 1.82) is 0 Å². The normalized spacial score (nSPS) is 12.9. The largest absolute Gasteiger partial charge is 0.466 e. The second kappa shape index (κ2) is 66.1. The van der Waals surface area contributed by atoms with Crippen LogP contribution in [0.15, 0.2) is 60.8 Å². The third-order valence-electron chi connectivity index (χ3n) is 15.5. The van der Waals surface area contributed by atoms with Gasteiger partial charge in [-0.2, -0.15) is 0 Å². The van der Waals surface area contributed by atoms with E-state index in [1.807, 2.05) is 6.08 Å². The maximum absolute atomic E-state index is 12.5. The highest BCUT2D eigenvalue weighted by molar-refractivity contribution is 5.76. The number of aliphatic hydroxyl groups is 2. The standard InChI is InChI=1S/C71H131NO5/c1-3-5-7-9-11-13-15-17-18-19-34-37-41-45-49-53-57-61-65-71(76)77-66-62-58-54-50-46-42-38-35-32-30-28-26-24-22-20-21-23-25-27-29-31-33-36-40-44-48-52-56-60-64-70(75)72-68(67-73)69(74)63-59-55-51-47-43-39-16-14-12-10-8-6-4-2/h13,15,18-20,22,26,28,59,63,68-69,73-74H,3-12,14,16-17,21,23-25,27,29-58,60-62,64-67H2,1-2H3,(H,72,75)/b15-13-,19-18-,22-20-,28-26-,63-59+. The van der Waals surface area contributed by atoms with Crippen LogP contribution in [-0.4, -0.2) is 47.4 Å². The second-order valence-corrected chi connectivity index (χ2v) is 23.1. The maximum atomic E-state index is 12.5. The zero-order chi connectivity index (χ0) is 55.7. The fraction of sp³-hybridized carbons (Fsp3) is 0.831. The molecule has 0 aliphatic rings. The van der Waals surface area contributed by atoms with Gasteiger partial charge >= 0.3 is 5.97 Å². The third-order valence-corrected chi connectivity index (χ3v) is 15.5. The van der Waals surface area contributed by atoms with Crippen LogP contribution in [0.5, 0.6) is 0 Å². The minimum atomic E-state index is -0.845. The quantitative estimate of drug-likeness (QED) is 0.0320. The number of esters is 1. The minimum Gasteiger partial charge on any atom is -0.466 e. The lowest BCUT2D eigenvalue weighted by atomic mass is 10.0. The van der Waals surface area contributed by atoms with E-state index in [0.717, 1.165) is 57.8 Å². The summed E-state index contributed by atoms with van der Waals surface area (Å²) in [6.45, 7) is 4.89. The number of carbonyl (C=O) groups is 2. The van der Waals surface area contributed by atoms with Crippen LogP contribution in [0.3, 0.4) is 0 Å². The molecule has 0 aromatic carbocycles. The molecule has 0 heterocycles. The van der Waals surface area contributed by atoms with E-state index in [1.165, 1.54) is 270 Å². The highest BCUT2D eigenvalue weighted by atomic mass is 16.5. The average Bonchev–Trinajstić information content (AvgIpc) is 3.43. The van der Waals surface area contributed by atoms with Crippen LogP contribution in [0.25, 0.3) is 0 Å². The number of ether oxygens (including phenoxy) is 1. The lowest BCUT2D eigenvalue weighted by molar-refractivity contribution is -0.143. The first-order valence-electron chi connectivity index (χ1n) is 34.1. The molecule has 0 radical (unpaired) electrons. The van der Waals surface area contributed by atoms with Gasteiger partial charge in [-0.25, -0.2) is 0 Å². The fourth-order valence-corrected chi connectivity index (χ4v) is 10.3. The van der Waals surface area contributed by atoms with Gasteiger partial charge in [-0.05, 0) is 96.3 Å². The van der Waals surface area contributed by atoms with E-state index in [-0.39, 0.29) is 18.5 Å². The van der Waals surface area contributed by atoms with E-state index in [2.05, 4.69) is 67.8 Å². The Kier molecular flexibility index (Phi) is 64.0. The molecule has 0 aliphatic carbocycles. The van der Waals surface area contributed by atoms with Crippen LogP contribution >= 0.6 is 0 Å². The Balaban J connectivity index is 3.41. The molecule has 6 nitrogen and oxygen atoms in total. The fourth-order valence-electron chi connectivity index (χ4n) is 10.3. The molecule has 2 unspecified atom stereocenters. The second-order valence-electron chi connectivity index (χ2n) is 23.1. The number of hydrogen-bond donors (Lipinski definition) is 3. The molecule has 0 rings (SSSR count). The summed E-state index contributed by atoms with van der Waals surface area (Å²) in [5.41, 5.74) is 0. The topological polar surface area (TPSA) is 95.9 Å². The van der Waals surface area contributed by atoms with Crippen molar-refractivity contribution in [2.24, 2.45) is 0 Å². The lowest BCUT2D eigenvalue weighted by Crippen LogP contribution is -2.45. The number of carbonyl (C=O) groups excluding carboxylic acids is 2. The summed E-state index contributed by atoms with van der Waals surface area (Å²) >= 11 is 0. The molecule has 0 aliphatic heterocycles. The lowest BCUT2D eigenvalue weighted by Gasteiger charge is -2.20. The Labute approximate surface area is 479 Å². The molecule has 0 spiro atoms. The number of allylic oxidation sites excluding steroid dienone is 9. The van der Waals surface area contributed by atoms with Crippen LogP contribution in [0, 0.1) is 0 Å². The highest BCUT2D eigenvalue weighted by Crippen LogP contribution is 2.17. The van der Waals surface area contributed by atoms with Gasteiger partial charge in [0, 0.05) is 12.8 Å². The minimum absolute atomic E-state index is 0.00402. The van der Waals surface area contributed by atoms with Gasteiger partial charge in [-0.1, -0.05) is 306 Å². The number of hydrogen-bond acceptors (Lipinski definition) is 5. The summed E-state index contributed by atoms with van der Waals surface area (Å²) in [7, 11) is 0. The van der Waals surface area contributed by atoms with Gasteiger partial charge in [0.25, 0.3) is 0 Å². The maximum Gasteiger partial charge on any atom is 0.305 e. The van der Waals surface area contributed by atoms with Crippen LogP contribution < -0.4 is 5.32 Å². The van der Waals surface area contributed by atoms with Crippen molar-refractivity contribution in [3.05, 3.63) is 60.8 Å². The zero-order valence-corrected chi connectivity index (χ0v) is 51.4. The summed E-state index contributed by atoms with van der Waals surface area (Å²) in [4.78, 5) is 24.6. The van der Waals surface area contributed by atoms with Gasteiger partial charge in [-0.15, -0.1) is 0 Å². The van der Waals surface area contributed by atoms with Crippen molar-refractivity contribution in [2.75, 3.05) is 13.2 Å². The van der Waals surface area contributed by atoms with Crippen LogP contribution in [-0.2, 0) is 14.3 Å². The molecular weight excluding hydrogens is 947 g/mol. The Bertz CT molecular complexity index is 1340. The summed E-state index contributed by atoms with van der Waals surface area (Å²) in [6.07, 6.45) is 87.2. The monoisotopic (exact) mass is 1080 g/mol. The molecule has 77 heavy (non-hydrogen) atoms. The molecule has 0 fully saturated rings. The van der Waals surface area contributed by atoms with Gasteiger partial charge in [0.2, 0.25) is 5.91 Å². The van der Waals surface area contributed by atoms with E-state index >= 15 is 0 Å². The highest BCUT2D eigenvalue weighted by Gasteiger charge is 2.18. The summed E-state index contributed by atoms with van der Waals surface area (Å²) < 4.78 is 5.49. The molecule has 0 aromatic rings. The summed E-state index contributed by atoms with van der Waals surface area (Å²) in [5, 5.41) is 23.1. The smallest absolute Gasteiger partial charge is 0.305 e. The predicted molar refractivity (Wildman–Crippen MR) is 338 cm³/mol. The van der Waals surface area contributed by atoms with Crippen molar-refractivity contribution in [3.63, 3.8) is 0 Å². The van der Waals surface area contributed by atoms with Crippen molar-refractivity contribution in [1.82, 2.24) is 5.32 Å². The first-order valence-corrected chi connectivity index (χ1v) is 34.1. The van der Waals surface area contributed by atoms with Gasteiger partial charge in [-0.3, -0.25) is 9.59 Å². The zero-order valence-electron chi connectivity index (χ0n) is 51.4. The van der Waals surface area contributed by atoms with E-state index in [4.69, 9.17) is 4.74 Å². The predicted octanol–water partition coefficient (Wildman–Crippen LogP) is 21.9. The molecule has 0 saturated heterocycles. The van der Waals surface area contributed by atoms with Gasteiger partial charge in [0.1, 0.15) is 0 Å². The molecule has 450 valence electrons.